The fourth-order valence-corrected chi connectivity index (χ4v) is 5.52. The average molecular weight is 300 g/mol. The van der Waals surface area contributed by atoms with E-state index in [0.29, 0.717) is 17.4 Å². The number of hydrogen-bond acceptors (Lipinski definition) is 4. The highest BCUT2D eigenvalue weighted by atomic mass is 32.2. The van der Waals surface area contributed by atoms with E-state index in [1.165, 1.54) is 24.2 Å². The first-order chi connectivity index (χ1) is 9.13. The molecule has 0 unspecified atom stereocenters. The summed E-state index contributed by atoms with van der Waals surface area (Å²) in [6.45, 7) is 1.34. The molecule has 106 valence electrons. The molecule has 3 rings (SSSR count). The lowest BCUT2D eigenvalue weighted by molar-refractivity contribution is 0.388. The third-order valence-corrected chi connectivity index (χ3v) is 6.77. The molecular formula is C13H20N2O2S2. The second kappa shape index (κ2) is 5.16. The van der Waals surface area contributed by atoms with Crippen molar-refractivity contribution in [3.05, 3.63) is 16.3 Å². The van der Waals surface area contributed by atoms with Crippen molar-refractivity contribution in [1.82, 2.24) is 9.62 Å². The van der Waals surface area contributed by atoms with Gasteiger partial charge in [0.15, 0.2) is 0 Å². The van der Waals surface area contributed by atoms with Crippen LogP contribution in [0.15, 0.2) is 16.3 Å². The Hall–Kier alpha value is -0.430. The summed E-state index contributed by atoms with van der Waals surface area (Å²) < 4.78 is 27.4. The second-order valence-electron chi connectivity index (χ2n) is 5.49. The van der Waals surface area contributed by atoms with Crippen molar-refractivity contribution in [1.29, 1.82) is 0 Å². The van der Waals surface area contributed by atoms with Crippen molar-refractivity contribution in [2.45, 2.75) is 43.2 Å². The molecule has 1 aromatic heterocycles. The van der Waals surface area contributed by atoms with Crippen LogP contribution in [0.3, 0.4) is 0 Å². The maximum Gasteiger partial charge on any atom is 0.244 e. The molecule has 2 aliphatic carbocycles. The van der Waals surface area contributed by atoms with Gasteiger partial charge in [-0.3, -0.25) is 0 Å². The summed E-state index contributed by atoms with van der Waals surface area (Å²) in [6.07, 6.45) is 4.42. The average Bonchev–Trinajstić information content (AvgIpc) is 3.27. The first kappa shape index (κ1) is 13.5. The Morgan fingerprint density at radius 2 is 2.11 bits per heavy atom. The zero-order chi connectivity index (χ0) is 13.5. The van der Waals surface area contributed by atoms with Gasteiger partial charge in [-0.25, -0.2) is 8.42 Å². The van der Waals surface area contributed by atoms with Gasteiger partial charge in [0, 0.05) is 24.0 Å². The van der Waals surface area contributed by atoms with Crippen LogP contribution < -0.4 is 5.32 Å². The summed E-state index contributed by atoms with van der Waals surface area (Å²) in [6, 6.07) is 2.02. The summed E-state index contributed by atoms with van der Waals surface area (Å²) in [5, 5.41) is 4.92. The zero-order valence-electron chi connectivity index (χ0n) is 11.1. The Labute approximate surface area is 118 Å². The molecule has 0 aliphatic heterocycles. The highest BCUT2D eigenvalue weighted by Crippen LogP contribution is 2.39. The van der Waals surface area contributed by atoms with Crippen LogP contribution in [0.25, 0.3) is 0 Å². The van der Waals surface area contributed by atoms with Gasteiger partial charge in [-0.2, -0.15) is 4.31 Å². The smallest absolute Gasteiger partial charge is 0.244 e. The van der Waals surface area contributed by atoms with Gasteiger partial charge in [-0.05, 0) is 50.1 Å². The molecule has 0 radical (unpaired) electrons. The number of thiophene rings is 1. The van der Waals surface area contributed by atoms with Crippen molar-refractivity contribution in [3.63, 3.8) is 0 Å². The fraction of sp³-hybridized carbons (Fsp3) is 0.692. The number of hydrogen-bond donors (Lipinski definition) is 1. The van der Waals surface area contributed by atoms with E-state index < -0.39 is 10.0 Å². The molecule has 2 saturated carbocycles. The van der Waals surface area contributed by atoms with Crippen molar-refractivity contribution >= 4 is 21.4 Å². The fourth-order valence-electron chi connectivity index (χ4n) is 2.34. The molecule has 0 bridgehead atoms. The highest BCUT2D eigenvalue weighted by molar-refractivity contribution is 7.89. The highest BCUT2D eigenvalue weighted by Gasteiger charge is 2.41. The van der Waals surface area contributed by atoms with Gasteiger partial charge >= 0.3 is 0 Å². The molecule has 19 heavy (non-hydrogen) atoms. The second-order valence-corrected chi connectivity index (χ2v) is 8.35. The van der Waals surface area contributed by atoms with Crippen LogP contribution in [0.5, 0.6) is 0 Å². The SMILES string of the molecule is CNCc1sccc1S(=O)(=O)N(CC1CC1)C1CC1. The minimum Gasteiger partial charge on any atom is -0.315 e. The van der Waals surface area contributed by atoms with Gasteiger partial charge in [0.1, 0.15) is 0 Å². The minimum absolute atomic E-state index is 0.257. The Morgan fingerprint density at radius 3 is 2.68 bits per heavy atom. The number of nitrogens with zero attached hydrogens (tertiary/aromatic N) is 1. The molecule has 1 N–H and O–H groups in total. The maximum atomic E-state index is 12.8. The lowest BCUT2D eigenvalue weighted by atomic mass is 10.4. The molecule has 2 aliphatic rings. The van der Waals surface area contributed by atoms with Crippen molar-refractivity contribution in [2.24, 2.45) is 5.92 Å². The molecule has 0 atom stereocenters. The molecule has 0 spiro atoms. The predicted molar refractivity (Wildman–Crippen MR) is 76.7 cm³/mol. The first-order valence-corrected chi connectivity index (χ1v) is 9.17. The van der Waals surface area contributed by atoms with E-state index in [4.69, 9.17) is 0 Å². The largest absolute Gasteiger partial charge is 0.315 e. The van der Waals surface area contributed by atoms with Crippen LogP contribution in [-0.4, -0.2) is 32.4 Å². The topological polar surface area (TPSA) is 49.4 Å². The van der Waals surface area contributed by atoms with Crippen LogP contribution in [0.1, 0.15) is 30.6 Å². The van der Waals surface area contributed by atoms with E-state index in [1.807, 2.05) is 12.4 Å². The van der Waals surface area contributed by atoms with Gasteiger partial charge in [-0.15, -0.1) is 11.3 Å². The van der Waals surface area contributed by atoms with Gasteiger partial charge in [-0.1, -0.05) is 0 Å². The number of rotatable bonds is 7. The van der Waals surface area contributed by atoms with Gasteiger partial charge < -0.3 is 5.32 Å². The third kappa shape index (κ3) is 2.86. The van der Waals surface area contributed by atoms with E-state index in [0.717, 1.165) is 24.3 Å². The van der Waals surface area contributed by atoms with Gasteiger partial charge in [0.05, 0.1) is 4.90 Å². The van der Waals surface area contributed by atoms with Crippen LogP contribution in [-0.2, 0) is 16.6 Å². The van der Waals surface area contributed by atoms with E-state index in [9.17, 15) is 8.42 Å². The van der Waals surface area contributed by atoms with Crippen LogP contribution in [0.4, 0.5) is 0 Å². The number of nitrogens with one attached hydrogen (secondary N) is 1. The molecule has 0 aromatic carbocycles. The molecule has 1 aromatic rings. The molecule has 0 saturated heterocycles. The van der Waals surface area contributed by atoms with E-state index in [2.05, 4.69) is 5.32 Å². The van der Waals surface area contributed by atoms with Gasteiger partial charge in [0.2, 0.25) is 10.0 Å². The predicted octanol–water partition coefficient (Wildman–Crippen LogP) is 2.03. The Balaban J connectivity index is 1.88. The molecule has 2 fully saturated rings. The summed E-state index contributed by atoms with van der Waals surface area (Å²) in [5.41, 5.74) is 0. The molecule has 6 heteroatoms. The summed E-state index contributed by atoms with van der Waals surface area (Å²) in [4.78, 5) is 1.43. The van der Waals surface area contributed by atoms with Crippen LogP contribution in [0.2, 0.25) is 0 Å². The van der Waals surface area contributed by atoms with Crippen molar-refractivity contribution < 1.29 is 8.42 Å². The maximum absolute atomic E-state index is 12.8. The van der Waals surface area contributed by atoms with E-state index >= 15 is 0 Å². The molecule has 0 amide bonds. The Bertz CT molecular complexity index is 545. The molecular weight excluding hydrogens is 280 g/mol. The molecule has 1 heterocycles. The summed E-state index contributed by atoms with van der Waals surface area (Å²) >= 11 is 1.52. The van der Waals surface area contributed by atoms with Crippen molar-refractivity contribution in [3.8, 4) is 0 Å². The number of sulfonamides is 1. The monoisotopic (exact) mass is 300 g/mol. The summed E-state index contributed by atoms with van der Waals surface area (Å²) in [7, 11) is -1.45. The quantitative estimate of drug-likeness (QED) is 0.838. The third-order valence-electron chi connectivity index (χ3n) is 3.72. The lowest BCUT2D eigenvalue weighted by Gasteiger charge is -2.22. The molecule has 4 nitrogen and oxygen atoms in total. The van der Waals surface area contributed by atoms with E-state index in [-0.39, 0.29) is 6.04 Å². The Kier molecular flexibility index (Phi) is 3.68. The van der Waals surface area contributed by atoms with Crippen LogP contribution in [0, 0.1) is 5.92 Å². The minimum atomic E-state index is -3.30. The first-order valence-electron chi connectivity index (χ1n) is 6.85. The van der Waals surface area contributed by atoms with Crippen LogP contribution >= 0.6 is 11.3 Å². The van der Waals surface area contributed by atoms with Crippen molar-refractivity contribution in [2.75, 3.05) is 13.6 Å². The lowest BCUT2D eigenvalue weighted by Crippen LogP contribution is -2.35. The standard InChI is InChI=1S/C13H20N2O2S2/c1-14-8-12-13(6-7-18-12)19(16,17)15(11-4-5-11)9-10-2-3-10/h6-7,10-11,14H,2-5,8-9H2,1H3. The normalized spacial score (nSPS) is 20.1. The van der Waals surface area contributed by atoms with Gasteiger partial charge in [0.25, 0.3) is 0 Å². The zero-order valence-corrected chi connectivity index (χ0v) is 12.8. The Morgan fingerprint density at radius 1 is 1.37 bits per heavy atom. The van der Waals surface area contributed by atoms with E-state index in [1.54, 1.807) is 10.4 Å². The summed E-state index contributed by atoms with van der Waals surface area (Å²) in [5.74, 6) is 0.599.